The maximum atomic E-state index is 13.8. The Morgan fingerprint density at radius 3 is 2.83 bits per heavy atom. The summed E-state index contributed by atoms with van der Waals surface area (Å²) < 4.78 is 19.5. The van der Waals surface area contributed by atoms with Crippen LogP contribution in [0.4, 0.5) is 4.39 Å². The van der Waals surface area contributed by atoms with Crippen molar-refractivity contribution in [2.24, 2.45) is 4.99 Å². The first-order valence-corrected chi connectivity index (χ1v) is 10.2. The van der Waals surface area contributed by atoms with Gasteiger partial charge in [0.2, 0.25) is 0 Å². The number of hydrogen-bond acceptors (Lipinski definition) is 6. The molecule has 3 aliphatic heterocycles. The second kappa shape index (κ2) is 8.20. The average molecular weight is 432 g/mol. The van der Waals surface area contributed by atoms with E-state index in [4.69, 9.17) is 21.7 Å². The van der Waals surface area contributed by atoms with Gasteiger partial charge in [0, 0.05) is 23.4 Å². The normalized spacial score (nSPS) is 23.9. The number of rotatable bonds is 4. The largest absolute Gasteiger partial charge is 0.491 e. The fraction of sp³-hybridized carbons (Fsp3) is 0.381. The maximum Gasteiger partial charge on any atom is 0.258 e. The third-order valence-corrected chi connectivity index (χ3v) is 5.96. The van der Waals surface area contributed by atoms with E-state index in [-0.39, 0.29) is 36.4 Å². The minimum absolute atomic E-state index is 0.144. The molecule has 158 valence electrons. The Bertz CT molecular complexity index is 1010. The molecule has 0 aliphatic carbocycles. The molecule has 7 nitrogen and oxygen atoms in total. The van der Waals surface area contributed by atoms with Gasteiger partial charge in [-0.1, -0.05) is 11.6 Å². The molecule has 0 radical (unpaired) electrons. The minimum atomic E-state index is -0.463. The monoisotopic (exact) mass is 431 g/mol. The molecular weight excluding hydrogens is 409 g/mol. The van der Waals surface area contributed by atoms with Gasteiger partial charge in [0.1, 0.15) is 24.0 Å². The van der Waals surface area contributed by atoms with Crippen molar-refractivity contribution in [1.29, 1.82) is 5.41 Å². The number of allylic oxidation sites excluding steroid dienone is 2. The van der Waals surface area contributed by atoms with E-state index in [1.807, 2.05) is 6.92 Å². The highest BCUT2D eigenvalue weighted by Crippen LogP contribution is 2.27. The fourth-order valence-corrected chi connectivity index (χ4v) is 3.61. The molecule has 1 atom stereocenters. The van der Waals surface area contributed by atoms with Gasteiger partial charge < -0.3 is 25.7 Å². The van der Waals surface area contributed by atoms with Crippen LogP contribution in [0.2, 0.25) is 0 Å². The quantitative estimate of drug-likeness (QED) is 0.683. The Morgan fingerprint density at radius 2 is 2.17 bits per heavy atom. The van der Waals surface area contributed by atoms with Gasteiger partial charge in [0.15, 0.2) is 0 Å². The van der Waals surface area contributed by atoms with Crippen LogP contribution in [0, 0.1) is 11.2 Å². The second-order valence-corrected chi connectivity index (χ2v) is 8.00. The molecule has 1 aromatic rings. The fourth-order valence-electron chi connectivity index (χ4n) is 3.53. The van der Waals surface area contributed by atoms with Gasteiger partial charge in [-0.15, -0.1) is 0 Å². The summed E-state index contributed by atoms with van der Waals surface area (Å²) >= 11 is 6.18. The first-order valence-electron chi connectivity index (χ1n) is 9.78. The highest BCUT2D eigenvalue weighted by molar-refractivity contribution is 6.43. The van der Waals surface area contributed by atoms with Crippen molar-refractivity contribution in [3.05, 3.63) is 51.7 Å². The van der Waals surface area contributed by atoms with Crippen molar-refractivity contribution in [3.8, 4) is 5.75 Å². The molecule has 2 fully saturated rings. The molecular formula is C21H23ClFN5O2. The number of halogens is 2. The van der Waals surface area contributed by atoms with Crippen LogP contribution in [0.3, 0.4) is 0 Å². The van der Waals surface area contributed by atoms with E-state index in [1.165, 1.54) is 23.1 Å². The molecule has 30 heavy (non-hydrogen) atoms. The van der Waals surface area contributed by atoms with Gasteiger partial charge in [0.25, 0.3) is 5.91 Å². The number of likely N-dealkylation sites (tertiary alicyclic amines) is 1. The first kappa shape index (κ1) is 20.6. The zero-order chi connectivity index (χ0) is 21.4. The summed E-state index contributed by atoms with van der Waals surface area (Å²) in [5, 5.41) is 15.2. The summed E-state index contributed by atoms with van der Waals surface area (Å²) in [6, 6.07) is 4.13. The molecule has 0 spiro atoms. The number of aliphatic imine (C=N–C) groups is 1. The van der Waals surface area contributed by atoms with E-state index in [0.717, 1.165) is 18.7 Å². The van der Waals surface area contributed by atoms with Gasteiger partial charge in [-0.3, -0.25) is 4.79 Å². The van der Waals surface area contributed by atoms with Crippen LogP contribution in [0.15, 0.2) is 45.3 Å². The Balaban J connectivity index is 1.55. The Labute approximate surface area is 179 Å². The molecule has 1 unspecified atom stereocenters. The maximum absolute atomic E-state index is 13.8. The third kappa shape index (κ3) is 3.97. The van der Waals surface area contributed by atoms with Crippen LogP contribution < -0.4 is 15.4 Å². The summed E-state index contributed by atoms with van der Waals surface area (Å²) in [5.74, 6) is -0.0259. The Morgan fingerprint density at radius 1 is 1.40 bits per heavy atom. The highest BCUT2D eigenvalue weighted by Gasteiger charge is 2.32. The van der Waals surface area contributed by atoms with Gasteiger partial charge in [0.05, 0.1) is 35.1 Å². The van der Waals surface area contributed by atoms with Crippen LogP contribution >= 0.6 is 11.6 Å². The molecule has 0 aromatic heterocycles. The molecule has 1 aromatic carbocycles. The predicted molar refractivity (Wildman–Crippen MR) is 114 cm³/mol. The van der Waals surface area contributed by atoms with Crippen LogP contribution in [-0.2, 0) is 0 Å². The molecule has 0 bridgehead atoms. The first-order chi connectivity index (χ1) is 14.3. The number of carbonyl (C=O) groups excluding carboxylic acids is 1. The molecule has 3 N–H and O–H groups in total. The van der Waals surface area contributed by atoms with Crippen molar-refractivity contribution in [2.45, 2.75) is 26.3 Å². The topological polar surface area (TPSA) is 89.8 Å². The lowest BCUT2D eigenvalue weighted by Gasteiger charge is -2.28. The van der Waals surface area contributed by atoms with E-state index in [2.05, 4.69) is 15.6 Å². The summed E-state index contributed by atoms with van der Waals surface area (Å²) in [5.41, 5.74) is 2.63. The van der Waals surface area contributed by atoms with E-state index in [1.54, 1.807) is 6.92 Å². The van der Waals surface area contributed by atoms with Crippen molar-refractivity contribution in [1.82, 2.24) is 15.5 Å². The van der Waals surface area contributed by atoms with Gasteiger partial charge in [-0.2, -0.15) is 0 Å². The van der Waals surface area contributed by atoms with E-state index in [0.29, 0.717) is 34.5 Å². The number of nitrogens with one attached hydrogen (secondary N) is 3. The lowest BCUT2D eigenvalue weighted by Crippen LogP contribution is -2.46. The lowest BCUT2D eigenvalue weighted by atomic mass is 10.1. The predicted octanol–water partition coefficient (Wildman–Crippen LogP) is 2.79. The number of benzene rings is 1. The molecule has 3 aliphatic rings. The highest BCUT2D eigenvalue weighted by atomic mass is 35.5. The summed E-state index contributed by atoms with van der Waals surface area (Å²) in [6.07, 6.45) is 0.990. The number of amides is 1. The number of carbonyl (C=O) groups is 1. The zero-order valence-electron chi connectivity index (χ0n) is 16.8. The van der Waals surface area contributed by atoms with Crippen LogP contribution in [-0.4, -0.2) is 54.5 Å². The number of ether oxygens (including phenoxy) is 1. The summed E-state index contributed by atoms with van der Waals surface area (Å²) in [6.45, 7) is 5.31. The zero-order valence-corrected chi connectivity index (χ0v) is 17.6. The standard InChI is InChI=1S/C21H23ClFN5O2/c1-11-19(22)12(2)27-20(26-11)16-8-28(9-17(16)24)21(29)15-4-3-13(23)7-18(15)30-10-14-5-6-25-14/h3-4,7,14,24-26H,5-6,8-10H2,1-2H3/b20-16+,24-17?. The second-order valence-electron chi connectivity index (χ2n) is 7.62. The lowest BCUT2D eigenvalue weighted by molar-refractivity contribution is 0.0798. The van der Waals surface area contributed by atoms with Crippen LogP contribution in [0.25, 0.3) is 0 Å². The van der Waals surface area contributed by atoms with Gasteiger partial charge in [-0.25, -0.2) is 9.38 Å². The molecule has 9 heteroatoms. The van der Waals surface area contributed by atoms with E-state index in [9.17, 15) is 9.18 Å². The smallest absolute Gasteiger partial charge is 0.258 e. The van der Waals surface area contributed by atoms with Crippen molar-refractivity contribution < 1.29 is 13.9 Å². The molecule has 2 saturated heterocycles. The minimum Gasteiger partial charge on any atom is -0.491 e. The van der Waals surface area contributed by atoms with Crippen molar-refractivity contribution in [3.63, 3.8) is 0 Å². The molecule has 0 saturated carbocycles. The van der Waals surface area contributed by atoms with Gasteiger partial charge >= 0.3 is 0 Å². The number of hydrogen-bond donors (Lipinski definition) is 3. The summed E-state index contributed by atoms with van der Waals surface area (Å²) in [7, 11) is 0. The van der Waals surface area contributed by atoms with Crippen LogP contribution in [0.5, 0.6) is 5.75 Å². The van der Waals surface area contributed by atoms with Crippen molar-refractivity contribution >= 4 is 28.9 Å². The third-order valence-electron chi connectivity index (χ3n) is 5.41. The van der Waals surface area contributed by atoms with E-state index < -0.39 is 5.82 Å². The van der Waals surface area contributed by atoms with Crippen LogP contribution in [0.1, 0.15) is 30.6 Å². The Hall–Kier alpha value is -2.71. The van der Waals surface area contributed by atoms with E-state index >= 15 is 0 Å². The average Bonchev–Trinajstić information content (AvgIpc) is 3.06. The number of nitrogens with zero attached hydrogens (tertiary/aromatic N) is 2. The van der Waals surface area contributed by atoms with Gasteiger partial charge in [-0.05, 0) is 38.9 Å². The molecule has 4 rings (SSSR count). The van der Waals surface area contributed by atoms with Crippen molar-refractivity contribution in [2.75, 3.05) is 26.2 Å². The Kier molecular flexibility index (Phi) is 5.62. The molecule has 3 heterocycles. The SMILES string of the molecule is CC1=N/C(=C2\CN(C(=O)c3ccc(F)cc3OCC3CCN3)CC2=N)NC(C)=C1Cl. The molecule has 1 amide bonds. The summed E-state index contributed by atoms with van der Waals surface area (Å²) in [4.78, 5) is 19.1.